The SMILES string of the molecule is CCn1cnc2c(N3CCC(NCc4ccccc4)CC3)ncnc21. The number of piperidine rings is 1. The van der Waals surface area contributed by atoms with Gasteiger partial charge in [0.05, 0.1) is 6.33 Å². The van der Waals surface area contributed by atoms with E-state index in [1.807, 2.05) is 6.33 Å². The van der Waals surface area contributed by atoms with Crippen molar-refractivity contribution in [1.82, 2.24) is 24.8 Å². The van der Waals surface area contributed by atoms with Gasteiger partial charge in [0.2, 0.25) is 0 Å². The lowest BCUT2D eigenvalue weighted by atomic mass is 10.0. The first kappa shape index (κ1) is 16.0. The van der Waals surface area contributed by atoms with Crippen LogP contribution in [0.25, 0.3) is 11.2 Å². The fraction of sp³-hybridized carbons (Fsp3) is 0.421. The Balaban J connectivity index is 1.40. The molecule has 1 aliphatic heterocycles. The Bertz CT molecular complexity index is 820. The predicted molar refractivity (Wildman–Crippen MR) is 99.5 cm³/mol. The Kier molecular flexibility index (Phi) is 4.61. The van der Waals surface area contributed by atoms with E-state index in [2.05, 4.69) is 67.0 Å². The number of nitrogens with zero attached hydrogens (tertiary/aromatic N) is 5. The maximum Gasteiger partial charge on any atom is 0.165 e. The second-order valence-corrected chi connectivity index (χ2v) is 6.53. The third-order valence-electron chi connectivity index (χ3n) is 4.95. The average Bonchev–Trinajstić information content (AvgIpc) is 3.11. The van der Waals surface area contributed by atoms with Gasteiger partial charge in [0.15, 0.2) is 17.0 Å². The van der Waals surface area contributed by atoms with E-state index in [9.17, 15) is 0 Å². The zero-order valence-corrected chi connectivity index (χ0v) is 14.6. The molecule has 25 heavy (non-hydrogen) atoms. The van der Waals surface area contributed by atoms with Crippen molar-refractivity contribution in [2.24, 2.45) is 0 Å². The number of hydrogen-bond donors (Lipinski definition) is 1. The summed E-state index contributed by atoms with van der Waals surface area (Å²) in [7, 11) is 0. The van der Waals surface area contributed by atoms with E-state index in [0.717, 1.165) is 56.0 Å². The summed E-state index contributed by atoms with van der Waals surface area (Å²) in [5.41, 5.74) is 3.18. The monoisotopic (exact) mass is 336 g/mol. The Morgan fingerprint density at radius 3 is 2.64 bits per heavy atom. The molecule has 1 saturated heterocycles. The van der Waals surface area contributed by atoms with Gasteiger partial charge in [-0.2, -0.15) is 0 Å². The number of benzene rings is 1. The molecule has 0 bridgehead atoms. The smallest absolute Gasteiger partial charge is 0.165 e. The standard InChI is InChI=1S/C19H24N6/c1-2-24-14-23-17-18(24)21-13-22-19(17)25-10-8-16(9-11-25)20-12-15-6-4-3-5-7-15/h3-7,13-14,16,20H,2,8-12H2,1H3. The van der Waals surface area contributed by atoms with Crippen LogP contribution in [0, 0.1) is 0 Å². The molecule has 1 N–H and O–H groups in total. The first-order chi connectivity index (χ1) is 12.3. The van der Waals surface area contributed by atoms with Crippen LogP contribution >= 0.6 is 0 Å². The Labute approximate surface area is 147 Å². The van der Waals surface area contributed by atoms with E-state index in [4.69, 9.17) is 0 Å². The lowest BCUT2D eigenvalue weighted by Gasteiger charge is -2.33. The molecule has 0 aliphatic carbocycles. The maximum absolute atomic E-state index is 4.54. The van der Waals surface area contributed by atoms with Crippen LogP contribution in [0.2, 0.25) is 0 Å². The minimum atomic E-state index is 0.557. The third kappa shape index (κ3) is 3.35. The van der Waals surface area contributed by atoms with Gasteiger partial charge in [-0.15, -0.1) is 0 Å². The summed E-state index contributed by atoms with van der Waals surface area (Å²) in [5.74, 6) is 0.971. The molecule has 3 aromatic rings. The molecular formula is C19H24N6. The number of imidazole rings is 1. The van der Waals surface area contributed by atoms with Gasteiger partial charge in [0.1, 0.15) is 6.33 Å². The summed E-state index contributed by atoms with van der Waals surface area (Å²) in [4.78, 5) is 15.8. The van der Waals surface area contributed by atoms with Crippen LogP contribution < -0.4 is 10.2 Å². The lowest BCUT2D eigenvalue weighted by molar-refractivity contribution is 0.413. The molecule has 0 saturated carbocycles. The Morgan fingerprint density at radius 2 is 1.88 bits per heavy atom. The largest absolute Gasteiger partial charge is 0.355 e. The number of aromatic nitrogens is 4. The van der Waals surface area contributed by atoms with Gasteiger partial charge in [-0.3, -0.25) is 0 Å². The van der Waals surface area contributed by atoms with Crippen LogP contribution in [-0.4, -0.2) is 38.7 Å². The van der Waals surface area contributed by atoms with Crippen molar-refractivity contribution in [2.75, 3.05) is 18.0 Å². The summed E-state index contributed by atoms with van der Waals surface area (Å²) in [5, 5.41) is 3.68. The highest BCUT2D eigenvalue weighted by molar-refractivity contribution is 5.83. The Morgan fingerprint density at radius 1 is 1.08 bits per heavy atom. The molecule has 0 spiro atoms. The first-order valence-electron chi connectivity index (χ1n) is 9.03. The van der Waals surface area contributed by atoms with Gasteiger partial charge in [0, 0.05) is 32.2 Å². The molecule has 3 heterocycles. The van der Waals surface area contributed by atoms with Crippen molar-refractivity contribution in [3.8, 4) is 0 Å². The highest BCUT2D eigenvalue weighted by atomic mass is 15.2. The van der Waals surface area contributed by atoms with E-state index in [1.54, 1.807) is 6.33 Å². The molecule has 6 nitrogen and oxygen atoms in total. The van der Waals surface area contributed by atoms with Crippen LogP contribution in [0.1, 0.15) is 25.3 Å². The van der Waals surface area contributed by atoms with Gasteiger partial charge >= 0.3 is 0 Å². The molecular weight excluding hydrogens is 312 g/mol. The molecule has 6 heteroatoms. The lowest BCUT2D eigenvalue weighted by Crippen LogP contribution is -2.42. The number of rotatable bonds is 5. The number of hydrogen-bond acceptors (Lipinski definition) is 5. The van der Waals surface area contributed by atoms with Crippen molar-refractivity contribution in [3.05, 3.63) is 48.5 Å². The van der Waals surface area contributed by atoms with E-state index >= 15 is 0 Å². The topological polar surface area (TPSA) is 58.9 Å². The molecule has 1 aromatic carbocycles. The van der Waals surface area contributed by atoms with Crippen LogP contribution in [0.15, 0.2) is 43.0 Å². The fourth-order valence-corrected chi connectivity index (χ4v) is 3.48. The van der Waals surface area contributed by atoms with Gasteiger partial charge in [0.25, 0.3) is 0 Å². The highest BCUT2D eigenvalue weighted by Gasteiger charge is 2.22. The van der Waals surface area contributed by atoms with Gasteiger partial charge in [-0.1, -0.05) is 30.3 Å². The van der Waals surface area contributed by atoms with Crippen molar-refractivity contribution >= 4 is 17.0 Å². The molecule has 0 amide bonds. The minimum Gasteiger partial charge on any atom is -0.355 e. The summed E-state index contributed by atoms with van der Waals surface area (Å²) < 4.78 is 2.06. The van der Waals surface area contributed by atoms with Gasteiger partial charge < -0.3 is 14.8 Å². The number of fused-ring (bicyclic) bond motifs is 1. The number of nitrogens with one attached hydrogen (secondary N) is 1. The Hall–Kier alpha value is -2.47. The molecule has 1 fully saturated rings. The quantitative estimate of drug-likeness (QED) is 0.776. The summed E-state index contributed by atoms with van der Waals surface area (Å²) in [6, 6.07) is 11.1. The fourth-order valence-electron chi connectivity index (χ4n) is 3.48. The van der Waals surface area contributed by atoms with Gasteiger partial charge in [-0.05, 0) is 25.3 Å². The number of aryl methyl sites for hydroxylation is 1. The second-order valence-electron chi connectivity index (χ2n) is 6.53. The summed E-state index contributed by atoms with van der Waals surface area (Å²) in [6.07, 6.45) is 5.75. The normalized spacial score (nSPS) is 15.8. The van der Waals surface area contributed by atoms with Crippen LogP contribution in [-0.2, 0) is 13.1 Å². The highest BCUT2D eigenvalue weighted by Crippen LogP contribution is 2.24. The molecule has 2 aromatic heterocycles. The summed E-state index contributed by atoms with van der Waals surface area (Å²) in [6.45, 7) is 5.91. The van der Waals surface area contributed by atoms with Gasteiger partial charge in [-0.25, -0.2) is 15.0 Å². The van der Waals surface area contributed by atoms with E-state index in [1.165, 1.54) is 5.56 Å². The summed E-state index contributed by atoms with van der Waals surface area (Å²) >= 11 is 0. The molecule has 0 atom stereocenters. The van der Waals surface area contributed by atoms with Crippen LogP contribution in [0.3, 0.4) is 0 Å². The maximum atomic E-state index is 4.54. The first-order valence-corrected chi connectivity index (χ1v) is 9.03. The van der Waals surface area contributed by atoms with E-state index < -0.39 is 0 Å². The van der Waals surface area contributed by atoms with Crippen LogP contribution in [0.5, 0.6) is 0 Å². The van der Waals surface area contributed by atoms with Crippen molar-refractivity contribution < 1.29 is 0 Å². The molecule has 4 rings (SSSR count). The predicted octanol–water partition coefficient (Wildman–Crippen LogP) is 2.60. The molecule has 130 valence electrons. The van der Waals surface area contributed by atoms with Crippen molar-refractivity contribution in [3.63, 3.8) is 0 Å². The van der Waals surface area contributed by atoms with E-state index in [-0.39, 0.29) is 0 Å². The van der Waals surface area contributed by atoms with Crippen molar-refractivity contribution in [2.45, 2.75) is 38.9 Å². The second kappa shape index (κ2) is 7.19. The van der Waals surface area contributed by atoms with Crippen LogP contribution in [0.4, 0.5) is 5.82 Å². The number of anilines is 1. The zero-order chi connectivity index (χ0) is 17.1. The van der Waals surface area contributed by atoms with Crippen molar-refractivity contribution in [1.29, 1.82) is 0 Å². The zero-order valence-electron chi connectivity index (χ0n) is 14.6. The molecule has 1 aliphatic rings. The molecule has 0 unspecified atom stereocenters. The minimum absolute atomic E-state index is 0.557. The third-order valence-corrected chi connectivity index (χ3v) is 4.95. The average molecular weight is 336 g/mol. The van der Waals surface area contributed by atoms with E-state index in [0.29, 0.717) is 6.04 Å². The molecule has 0 radical (unpaired) electrons.